The third kappa shape index (κ3) is 6.08. The van der Waals surface area contributed by atoms with E-state index in [1.54, 1.807) is 14.2 Å². The fraction of sp³-hybridized carbons (Fsp3) is 0.481. The van der Waals surface area contributed by atoms with Crippen LogP contribution in [0.5, 0.6) is 11.5 Å². The Hall–Kier alpha value is -3.06. The van der Waals surface area contributed by atoms with Crippen molar-refractivity contribution in [2.45, 2.75) is 45.7 Å². The number of nitrogens with one attached hydrogen (secondary N) is 2. The van der Waals surface area contributed by atoms with Gasteiger partial charge >= 0.3 is 0 Å². The molecule has 2 N–H and O–H groups in total. The molecule has 0 spiro atoms. The minimum atomic E-state index is 0. The molecule has 1 saturated carbocycles. The first-order valence-corrected chi connectivity index (χ1v) is 11.7. The quantitative estimate of drug-likeness (QED) is 0.455. The highest BCUT2D eigenvalue weighted by Gasteiger charge is 2.22. The number of nitrogens with zero attached hydrogens (tertiary/aromatic N) is 3. The molecule has 0 radical (unpaired) electrons. The predicted octanol–water partition coefficient (Wildman–Crippen LogP) is 5.11. The van der Waals surface area contributed by atoms with E-state index in [-0.39, 0.29) is 7.43 Å². The minimum absolute atomic E-state index is 0. The monoisotopic (exact) mass is 465 g/mol. The van der Waals surface area contributed by atoms with Crippen LogP contribution in [-0.2, 0) is 6.54 Å². The summed E-state index contributed by atoms with van der Waals surface area (Å²) >= 11 is 0. The average molecular weight is 466 g/mol. The summed E-state index contributed by atoms with van der Waals surface area (Å²) in [5.74, 6) is 4.04. The summed E-state index contributed by atoms with van der Waals surface area (Å²) in [7, 11) is 7.43. The lowest BCUT2D eigenvalue weighted by Gasteiger charge is -2.29. The van der Waals surface area contributed by atoms with E-state index in [0.29, 0.717) is 12.0 Å². The van der Waals surface area contributed by atoms with Crippen molar-refractivity contribution in [2.75, 3.05) is 45.1 Å². The van der Waals surface area contributed by atoms with Crippen molar-refractivity contribution in [3.63, 3.8) is 0 Å². The van der Waals surface area contributed by atoms with Crippen molar-refractivity contribution in [2.24, 2.45) is 5.92 Å². The van der Waals surface area contributed by atoms with Crippen LogP contribution in [0.25, 0.3) is 10.9 Å². The molecule has 0 aliphatic heterocycles. The molecule has 0 bridgehead atoms. The average Bonchev–Trinajstić information content (AvgIpc) is 2.84. The molecule has 1 aromatic heterocycles. The molecular weight excluding hydrogens is 426 g/mol. The summed E-state index contributed by atoms with van der Waals surface area (Å²) in [6, 6.07) is 14.6. The van der Waals surface area contributed by atoms with E-state index in [2.05, 4.69) is 33.7 Å². The van der Waals surface area contributed by atoms with Gasteiger partial charge in [0.15, 0.2) is 0 Å². The van der Waals surface area contributed by atoms with Crippen molar-refractivity contribution in [1.29, 1.82) is 0 Å². The predicted molar refractivity (Wildman–Crippen MR) is 141 cm³/mol. The second-order valence-electron chi connectivity index (χ2n) is 8.95. The van der Waals surface area contributed by atoms with Crippen LogP contribution in [0.2, 0.25) is 0 Å². The van der Waals surface area contributed by atoms with Crippen LogP contribution in [0.1, 0.15) is 38.7 Å². The fourth-order valence-electron chi connectivity index (χ4n) is 4.57. The lowest BCUT2D eigenvalue weighted by Crippen LogP contribution is -2.31. The van der Waals surface area contributed by atoms with Crippen molar-refractivity contribution >= 4 is 22.7 Å². The van der Waals surface area contributed by atoms with E-state index in [0.717, 1.165) is 65.7 Å². The second-order valence-corrected chi connectivity index (χ2v) is 8.95. The first-order valence-electron chi connectivity index (χ1n) is 11.7. The van der Waals surface area contributed by atoms with Crippen LogP contribution >= 0.6 is 0 Å². The van der Waals surface area contributed by atoms with Crippen LogP contribution in [-0.4, -0.2) is 50.9 Å². The van der Waals surface area contributed by atoms with Gasteiger partial charge in [0, 0.05) is 43.7 Å². The molecular formula is C27H39N5O2. The van der Waals surface area contributed by atoms with Crippen LogP contribution in [0.4, 0.5) is 11.8 Å². The molecule has 1 fully saturated rings. The maximum Gasteiger partial charge on any atom is 0.225 e. The van der Waals surface area contributed by atoms with Crippen LogP contribution in [0.15, 0.2) is 42.5 Å². The van der Waals surface area contributed by atoms with Gasteiger partial charge in [0.25, 0.3) is 0 Å². The van der Waals surface area contributed by atoms with E-state index in [1.807, 2.05) is 38.4 Å². The summed E-state index contributed by atoms with van der Waals surface area (Å²) < 4.78 is 10.8. The smallest absolute Gasteiger partial charge is 0.225 e. The van der Waals surface area contributed by atoms with E-state index >= 15 is 0 Å². The summed E-state index contributed by atoms with van der Waals surface area (Å²) in [6.45, 7) is 1.81. The van der Waals surface area contributed by atoms with Gasteiger partial charge < -0.3 is 25.0 Å². The molecule has 0 saturated heterocycles. The van der Waals surface area contributed by atoms with Gasteiger partial charge in [-0.3, -0.25) is 0 Å². The molecule has 2 aromatic carbocycles. The molecule has 1 aliphatic carbocycles. The number of hydrogen-bond acceptors (Lipinski definition) is 7. The van der Waals surface area contributed by atoms with Crippen molar-refractivity contribution in [3.05, 3.63) is 48.0 Å². The van der Waals surface area contributed by atoms with Gasteiger partial charge in [-0.2, -0.15) is 4.98 Å². The number of rotatable bonds is 9. The highest BCUT2D eigenvalue weighted by atomic mass is 16.5. The van der Waals surface area contributed by atoms with E-state index < -0.39 is 0 Å². The molecule has 184 valence electrons. The van der Waals surface area contributed by atoms with E-state index in [9.17, 15) is 0 Å². The Morgan fingerprint density at radius 2 is 1.74 bits per heavy atom. The molecule has 34 heavy (non-hydrogen) atoms. The number of ether oxygens (including phenoxy) is 2. The summed E-state index contributed by atoms with van der Waals surface area (Å²) in [6.07, 6.45) is 4.65. The number of anilines is 2. The number of aromatic nitrogens is 2. The Labute approximate surface area is 203 Å². The van der Waals surface area contributed by atoms with Gasteiger partial charge in [0.2, 0.25) is 5.95 Å². The highest BCUT2D eigenvalue weighted by Crippen LogP contribution is 2.29. The number of hydrogen-bond donors (Lipinski definition) is 2. The summed E-state index contributed by atoms with van der Waals surface area (Å²) in [4.78, 5) is 11.6. The van der Waals surface area contributed by atoms with Gasteiger partial charge in [0.1, 0.15) is 17.3 Å². The summed E-state index contributed by atoms with van der Waals surface area (Å²) in [5.41, 5.74) is 2.13. The third-order valence-electron chi connectivity index (χ3n) is 6.43. The Kier molecular flexibility index (Phi) is 8.93. The molecule has 0 amide bonds. The van der Waals surface area contributed by atoms with Gasteiger partial charge in [-0.05, 0) is 56.3 Å². The van der Waals surface area contributed by atoms with E-state index in [4.69, 9.17) is 19.4 Å². The van der Waals surface area contributed by atoms with E-state index in [1.165, 1.54) is 12.8 Å². The van der Waals surface area contributed by atoms with Gasteiger partial charge in [0.05, 0.1) is 19.7 Å². The molecule has 3 aromatic rings. The van der Waals surface area contributed by atoms with Gasteiger partial charge in [-0.25, -0.2) is 4.98 Å². The zero-order chi connectivity index (χ0) is 23.2. The lowest BCUT2D eigenvalue weighted by atomic mass is 9.86. The molecule has 0 unspecified atom stereocenters. The Bertz CT molecular complexity index is 1060. The topological polar surface area (TPSA) is 71.5 Å². The fourth-order valence-corrected chi connectivity index (χ4v) is 4.57. The Balaban J connectivity index is 0.00000324. The third-order valence-corrected chi connectivity index (χ3v) is 6.43. The highest BCUT2D eigenvalue weighted by molar-refractivity contribution is 5.90. The molecule has 7 heteroatoms. The van der Waals surface area contributed by atoms with Gasteiger partial charge in [-0.15, -0.1) is 0 Å². The number of benzene rings is 2. The normalized spacial score (nSPS) is 17.6. The number of para-hydroxylation sites is 1. The molecule has 0 atom stereocenters. The second kappa shape index (κ2) is 11.9. The van der Waals surface area contributed by atoms with Crippen LogP contribution < -0.4 is 25.0 Å². The Morgan fingerprint density at radius 3 is 2.44 bits per heavy atom. The maximum atomic E-state index is 5.51. The SMILES string of the molecule is C.COc1ccc(CNCC2CCC(Nc3nc(N(C)C)c4ccccc4n3)CC2)c(OC)c1. The zero-order valence-corrected chi connectivity index (χ0v) is 20.1. The lowest BCUT2D eigenvalue weighted by molar-refractivity contribution is 0.322. The van der Waals surface area contributed by atoms with Crippen molar-refractivity contribution < 1.29 is 9.47 Å². The van der Waals surface area contributed by atoms with Crippen molar-refractivity contribution in [1.82, 2.24) is 15.3 Å². The first kappa shape index (κ1) is 25.6. The summed E-state index contributed by atoms with van der Waals surface area (Å²) in [5, 5.41) is 8.30. The number of methoxy groups -OCH3 is 2. The van der Waals surface area contributed by atoms with Crippen LogP contribution in [0, 0.1) is 5.92 Å². The first-order chi connectivity index (χ1) is 16.1. The molecule has 7 nitrogen and oxygen atoms in total. The molecule has 1 aliphatic rings. The largest absolute Gasteiger partial charge is 0.497 e. The van der Waals surface area contributed by atoms with Crippen LogP contribution in [0.3, 0.4) is 0 Å². The number of fused-ring (bicyclic) bond motifs is 1. The molecule has 4 rings (SSSR count). The minimum Gasteiger partial charge on any atom is -0.497 e. The van der Waals surface area contributed by atoms with Crippen molar-refractivity contribution in [3.8, 4) is 11.5 Å². The van der Waals surface area contributed by atoms with Gasteiger partial charge in [-0.1, -0.05) is 25.6 Å². The maximum absolute atomic E-state index is 5.51. The zero-order valence-electron chi connectivity index (χ0n) is 20.1. The molecule has 1 heterocycles. The Morgan fingerprint density at radius 1 is 0.971 bits per heavy atom. The standard InChI is InChI=1S/C26H35N5O2.CH4/c1-31(2)25-22-7-5-6-8-23(22)29-26(30-25)28-20-12-9-18(10-13-20)16-27-17-19-11-14-21(32-3)15-24(19)33-4;/h5-8,11,14-15,18,20,27H,9-10,12-13,16-17H2,1-4H3,(H,28,29,30);1H4.